The predicted octanol–water partition coefficient (Wildman–Crippen LogP) is 2.94. The fourth-order valence-electron chi connectivity index (χ4n) is 2.78. The summed E-state index contributed by atoms with van der Waals surface area (Å²) in [6.45, 7) is 0.0121. The standard InChI is InChI=1S/C15H18F3N3O2S.ClH/c16-15(17,18)13-5-4-12(8-11(13)9-19)24(22,23)21-10-14(20)6-2-1-3-7-14;/h4-5,8,21H,1-3,6-7,10,20H2;1H. The molecule has 3 N–H and O–H groups in total. The van der Waals surface area contributed by atoms with Crippen molar-refractivity contribution in [2.24, 2.45) is 5.73 Å². The molecule has 25 heavy (non-hydrogen) atoms. The SMILES string of the molecule is Cl.N#Cc1cc(S(=O)(=O)NCC2(N)CCCCC2)ccc1C(F)(F)F. The molecular formula is C15H19ClF3N3O2S. The zero-order chi connectivity index (χ0) is 18.0. The second-order valence-electron chi connectivity index (χ2n) is 6.06. The number of rotatable bonds is 4. The van der Waals surface area contributed by atoms with E-state index in [4.69, 9.17) is 11.0 Å². The van der Waals surface area contributed by atoms with Crippen LogP contribution in [0.1, 0.15) is 43.2 Å². The van der Waals surface area contributed by atoms with Gasteiger partial charge in [0, 0.05) is 12.1 Å². The van der Waals surface area contributed by atoms with E-state index >= 15 is 0 Å². The van der Waals surface area contributed by atoms with Gasteiger partial charge in [-0.05, 0) is 31.0 Å². The molecule has 1 aliphatic rings. The van der Waals surface area contributed by atoms with E-state index in [1.54, 1.807) is 0 Å². The first-order valence-electron chi connectivity index (χ1n) is 7.47. The molecule has 0 aliphatic heterocycles. The van der Waals surface area contributed by atoms with Gasteiger partial charge in [0.1, 0.15) is 0 Å². The maximum atomic E-state index is 12.8. The molecule has 0 aromatic heterocycles. The van der Waals surface area contributed by atoms with E-state index in [0.29, 0.717) is 18.9 Å². The third kappa shape index (κ3) is 5.31. The van der Waals surface area contributed by atoms with Crippen molar-refractivity contribution in [3.05, 3.63) is 29.3 Å². The molecule has 0 radical (unpaired) electrons. The predicted molar refractivity (Wildman–Crippen MR) is 88.6 cm³/mol. The van der Waals surface area contributed by atoms with Gasteiger partial charge in [-0.3, -0.25) is 0 Å². The highest BCUT2D eigenvalue weighted by molar-refractivity contribution is 7.89. The average molecular weight is 398 g/mol. The Morgan fingerprint density at radius 3 is 2.36 bits per heavy atom. The molecule has 2 rings (SSSR count). The summed E-state index contributed by atoms with van der Waals surface area (Å²) in [5, 5.41) is 8.86. The van der Waals surface area contributed by atoms with Crippen molar-refractivity contribution in [2.75, 3.05) is 6.54 Å². The first kappa shape index (κ1) is 21.7. The lowest BCUT2D eigenvalue weighted by Gasteiger charge is -2.33. The van der Waals surface area contributed by atoms with Gasteiger partial charge in [-0.25, -0.2) is 13.1 Å². The number of nitrogens with two attached hydrogens (primary N) is 1. The minimum absolute atomic E-state index is 0. The lowest BCUT2D eigenvalue weighted by Crippen LogP contribution is -2.51. The number of hydrogen-bond acceptors (Lipinski definition) is 4. The van der Waals surface area contributed by atoms with Crippen LogP contribution < -0.4 is 10.5 Å². The third-order valence-electron chi connectivity index (χ3n) is 4.19. The number of hydrogen-bond donors (Lipinski definition) is 2. The minimum atomic E-state index is -4.72. The molecule has 1 saturated carbocycles. The number of benzene rings is 1. The number of alkyl halides is 3. The summed E-state index contributed by atoms with van der Waals surface area (Å²) in [6.07, 6.45) is -0.466. The fraction of sp³-hybridized carbons (Fsp3) is 0.533. The first-order chi connectivity index (χ1) is 11.1. The quantitative estimate of drug-likeness (QED) is 0.816. The van der Waals surface area contributed by atoms with Crippen LogP contribution in [0.5, 0.6) is 0 Å². The maximum Gasteiger partial charge on any atom is 0.417 e. The molecule has 0 spiro atoms. The molecule has 140 valence electrons. The molecular weight excluding hydrogens is 379 g/mol. The van der Waals surface area contributed by atoms with Gasteiger partial charge in [0.25, 0.3) is 0 Å². The van der Waals surface area contributed by atoms with E-state index in [0.717, 1.165) is 31.4 Å². The normalized spacial score (nSPS) is 17.4. The van der Waals surface area contributed by atoms with Crippen LogP contribution in [0.25, 0.3) is 0 Å². The molecule has 1 aliphatic carbocycles. The number of nitrogens with one attached hydrogen (secondary N) is 1. The summed E-state index contributed by atoms with van der Waals surface area (Å²) in [7, 11) is -4.04. The molecule has 1 aromatic rings. The van der Waals surface area contributed by atoms with E-state index in [2.05, 4.69) is 4.72 Å². The van der Waals surface area contributed by atoms with Gasteiger partial charge in [-0.2, -0.15) is 18.4 Å². The topological polar surface area (TPSA) is 96.0 Å². The van der Waals surface area contributed by atoms with Crippen LogP contribution in [-0.4, -0.2) is 20.5 Å². The summed E-state index contributed by atoms with van der Waals surface area (Å²) in [4.78, 5) is -0.383. The van der Waals surface area contributed by atoms with Crippen molar-refractivity contribution in [1.29, 1.82) is 5.26 Å². The highest BCUT2D eigenvalue weighted by Gasteiger charge is 2.35. The Balaban J connectivity index is 0.00000312. The van der Waals surface area contributed by atoms with Crippen LogP contribution in [0.3, 0.4) is 0 Å². The van der Waals surface area contributed by atoms with Crippen molar-refractivity contribution in [1.82, 2.24) is 4.72 Å². The Bertz CT molecular complexity index is 754. The van der Waals surface area contributed by atoms with Gasteiger partial charge in [-0.1, -0.05) is 19.3 Å². The zero-order valence-electron chi connectivity index (χ0n) is 13.3. The molecule has 0 saturated heterocycles. The van der Waals surface area contributed by atoms with Gasteiger partial charge in [0.2, 0.25) is 10.0 Å². The zero-order valence-corrected chi connectivity index (χ0v) is 14.9. The highest BCUT2D eigenvalue weighted by Crippen LogP contribution is 2.33. The third-order valence-corrected chi connectivity index (χ3v) is 5.59. The number of sulfonamides is 1. The summed E-state index contributed by atoms with van der Waals surface area (Å²) < 4.78 is 65.2. The lowest BCUT2D eigenvalue weighted by atomic mass is 9.83. The smallest absolute Gasteiger partial charge is 0.324 e. The van der Waals surface area contributed by atoms with Gasteiger partial charge >= 0.3 is 6.18 Å². The van der Waals surface area contributed by atoms with Crippen LogP contribution in [0.15, 0.2) is 23.1 Å². The Morgan fingerprint density at radius 2 is 1.84 bits per heavy atom. The molecule has 0 heterocycles. The van der Waals surface area contributed by atoms with Crippen LogP contribution >= 0.6 is 12.4 Å². The fourth-order valence-corrected chi connectivity index (χ4v) is 3.95. The minimum Gasteiger partial charge on any atom is -0.324 e. The van der Waals surface area contributed by atoms with Crippen molar-refractivity contribution in [3.8, 4) is 6.07 Å². The van der Waals surface area contributed by atoms with Crippen LogP contribution in [0.2, 0.25) is 0 Å². The summed E-state index contributed by atoms with van der Waals surface area (Å²) in [5.74, 6) is 0. The van der Waals surface area contributed by atoms with E-state index in [-0.39, 0.29) is 23.8 Å². The van der Waals surface area contributed by atoms with E-state index < -0.39 is 32.9 Å². The molecule has 1 fully saturated rings. The number of halogens is 4. The van der Waals surface area contributed by atoms with E-state index in [1.165, 1.54) is 6.07 Å². The van der Waals surface area contributed by atoms with E-state index in [9.17, 15) is 21.6 Å². The van der Waals surface area contributed by atoms with Crippen molar-refractivity contribution >= 4 is 22.4 Å². The lowest BCUT2D eigenvalue weighted by molar-refractivity contribution is -0.137. The summed E-state index contributed by atoms with van der Waals surface area (Å²) in [5.41, 5.74) is 3.62. The Labute approximate surface area is 150 Å². The van der Waals surface area contributed by atoms with Crippen molar-refractivity contribution < 1.29 is 21.6 Å². The average Bonchev–Trinajstić information content (AvgIpc) is 2.52. The summed E-state index contributed by atoms with van der Waals surface area (Å²) >= 11 is 0. The van der Waals surface area contributed by atoms with Gasteiger partial charge < -0.3 is 5.73 Å². The first-order valence-corrected chi connectivity index (χ1v) is 8.96. The second-order valence-corrected chi connectivity index (χ2v) is 7.83. The molecule has 0 bridgehead atoms. The maximum absolute atomic E-state index is 12.8. The molecule has 10 heteroatoms. The number of nitriles is 1. The monoisotopic (exact) mass is 397 g/mol. The van der Waals surface area contributed by atoms with Gasteiger partial charge in [0.15, 0.2) is 0 Å². The Kier molecular flexibility index (Phi) is 6.87. The summed E-state index contributed by atoms with van der Waals surface area (Å²) in [6, 6.07) is 3.57. The van der Waals surface area contributed by atoms with Crippen LogP contribution in [0, 0.1) is 11.3 Å². The van der Waals surface area contributed by atoms with Gasteiger partial charge in [0.05, 0.1) is 22.1 Å². The van der Waals surface area contributed by atoms with E-state index in [1.807, 2.05) is 0 Å². The Hall–Kier alpha value is -1.34. The van der Waals surface area contributed by atoms with Crippen LogP contribution in [-0.2, 0) is 16.2 Å². The molecule has 1 aromatic carbocycles. The number of nitrogens with zero attached hydrogens (tertiary/aromatic N) is 1. The molecule has 0 unspecified atom stereocenters. The second kappa shape index (κ2) is 7.91. The van der Waals surface area contributed by atoms with Gasteiger partial charge in [-0.15, -0.1) is 12.4 Å². The highest BCUT2D eigenvalue weighted by atomic mass is 35.5. The molecule has 5 nitrogen and oxygen atoms in total. The molecule has 0 atom stereocenters. The van der Waals surface area contributed by atoms with Crippen molar-refractivity contribution in [2.45, 2.75) is 48.7 Å². The van der Waals surface area contributed by atoms with Crippen LogP contribution in [0.4, 0.5) is 13.2 Å². The van der Waals surface area contributed by atoms with Crippen molar-refractivity contribution in [3.63, 3.8) is 0 Å². The Morgan fingerprint density at radius 1 is 1.24 bits per heavy atom. The molecule has 0 amide bonds. The largest absolute Gasteiger partial charge is 0.417 e.